The Balaban J connectivity index is 2.06. The number of benzene rings is 1. The van der Waals surface area contributed by atoms with Crippen LogP contribution in [0.15, 0.2) is 30.5 Å². The van der Waals surface area contributed by atoms with Gasteiger partial charge < -0.3 is 10.3 Å². The van der Waals surface area contributed by atoms with Crippen LogP contribution in [0.4, 0.5) is 4.39 Å². The van der Waals surface area contributed by atoms with Crippen LogP contribution in [0.25, 0.3) is 0 Å². The number of carbonyl (C=O) groups excluding carboxylic acids is 1. The molecule has 0 saturated carbocycles. The molecular formula is C15H18FN3O. The van der Waals surface area contributed by atoms with E-state index in [-0.39, 0.29) is 11.7 Å². The van der Waals surface area contributed by atoms with E-state index in [4.69, 9.17) is 0 Å². The molecule has 20 heavy (non-hydrogen) atoms. The van der Waals surface area contributed by atoms with Crippen molar-refractivity contribution in [2.75, 3.05) is 6.54 Å². The number of nitrogens with one attached hydrogen (secondary N) is 2. The summed E-state index contributed by atoms with van der Waals surface area (Å²) in [5, 5.41) is 2.80. The number of hydrogen-bond donors (Lipinski definition) is 2. The van der Waals surface area contributed by atoms with E-state index >= 15 is 0 Å². The minimum Gasteiger partial charge on any atom is -0.350 e. The highest BCUT2D eigenvalue weighted by atomic mass is 19.1. The second kappa shape index (κ2) is 5.45. The third-order valence-corrected chi connectivity index (χ3v) is 3.24. The summed E-state index contributed by atoms with van der Waals surface area (Å²) in [7, 11) is 0. The molecule has 5 heteroatoms. The molecule has 0 unspecified atom stereocenters. The first-order valence-corrected chi connectivity index (χ1v) is 6.45. The van der Waals surface area contributed by atoms with Crippen molar-refractivity contribution in [3.05, 3.63) is 53.4 Å². The van der Waals surface area contributed by atoms with Gasteiger partial charge in [0, 0.05) is 12.0 Å². The molecule has 1 aromatic carbocycles. The Morgan fingerprint density at radius 2 is 2.10 bits per heavy atom. The van der Waals surface area contributed by atoms with E-state index in [2.05, 4.69) is 15.3 Å². The molecule has 1 heterocycles. The monoisotopic (exact) mass is 275 g/mol. The molecule has 2 aromatic rings. The third kappa shape index (κ3) is 3.04. The van der Waals surface area contributed by atoms with Gasteiger partial charge in [0.1, 0.15) is 17.3 Å². The number of rotatable bonds is 4. The lowest BCUT2D eigenvalue weighted by atomic mass is 9.84. The molecule has 0 saturated heterocycles. The summed E-state index contributed by atoms with van der Waals surface area (Å²) >= 11 is 0. The Morgan fingerprint density at radius 3 is 2.70 bits per heavy atom. The van der Waals surface area contributed by atoms with Crippen LogP contribution in [0.2, 0.25) is 0 Å². The number of halogens is 1. The van der Waals surface area contributed by atoms with Gasteiger partial charge in [-0.05, 0) is 18.6 Å². The summed E-state index contributed by atoms with van der Waals surface area (Å²) < 4.78 is 13.8. The maximum absolute atomic E-state index is 13.8. The Hall–Kier alpha value is -2.17. The summed E-state index contributed by atoms with van der Waals surface area (Å²) in [5.74, 6) is 0.183. The van der Waals surface area contributed by atoms with Gasteiger partial charge in [-0.2, -0.15) is 0 Å². The zero-order valence-corrected chi connectivity index (χ0v) is 11.8. The number of aryl methyl sites for hydroxylation is 1. The topological polar surface area (TPSA) is 57.8 Å². The van der Waals surface area contributed by atoms with E-state index in [1.807, 2.05) is 13.8 Å². The first kappa shape index (κ1) is 14.2. The standard InChI is InChI=1S/C15H18FN3O/c1-10-17-8-13(19-10)14(20)18-9-15(2,3)11-6-4-5-7-12(11)16/h4-8H,9H2,1-3H3,(H,17,19)(H,18,20). The lowest BCUT2D eigenvalue weighted by molar-refractivity contribution is 0.0940. The van der Waals surface area contributed by atoms with Gasteiger partial charge in [-0.25, -0.2) is 9.37 Å². The van der Waals surface area contributed by atoms with Gasteiger partial charge in [0.25, 0.3) is 5.91 Å². The van der Waals surface area contributed by atoms with Crippen molar-refractivity contribution in [3.8, 4) is 0 Å². The minimum absolute atomic E-state index is 0.241. The molecule has 4 nitrogen and oxygen atoms in total. The molecule has 1 amide bonds. The summed E-state index contributed by atoms with van der Waals surface area (Å²) in [6.45, 7) is 5.90. The molecule has 0 radical (unpaired) electrons. The first-order chi connectivity index (χ1) is 9.40. The van der Waals surface area contributed by atoms with Crippen LogP contribution in [0, 0.1) is 12.7 Å². The van der Waals surface area contributed by atoms with E-state index in [0.717, 1.165) is 0 Å². The van der Waals surface area contributed by atoms with Crippen molar-refractivity contribution in [1.29, 1.82) is 0 Å². The normalized spacial score (nSPS) is 11.4. The number of aromatic amines is 1. The van der Waals surface area contributed by atoms with Crippen molar-refractivity contribution < 1.29 is 9.18 Å². The summed E-state index contributed by atoms with van der Waals surface area (Å²) in [5.41, 5.74) is 0.503. The number of H-pyrrole nitrogens is 1. The number of hydrogen-bond acceptors (Lipinski definition) is 2. The minimum atomic E-state index is -0.490. The van der Waals surface area contributed by atoms with Gasteiger partial charge in [-0.1, -0.05) is 32.0 Å². The van der Waals surface area contributed by atoms with Crippen molar-refractivity contribution >= 4 is 5.91 Å². The van der Waals surface area contributed by atoms with Crippen molar-refractivity contribution in [1.82, 2.24) is 15.3 Å². The highest BCUT2D eigenvalue weighted by molar-refractivity contribution is 5.92. The summed E-state index contributed by atoms with van der Waals surface area (Å²) in [6, 6.07) is 6.61. The maximum atomic E-state index is 13.8. The number of amides is 1. The largest absolute Gasteiger partial charge is 0.350 e. The van der Waals surface area contributed by atoms with E-state index in [1.54, 1.807) is 25.1 Å². The van der Waals surface area contributed by atoms with Crippen molar-refractivity contribution in [3.63, 3.8) is 0 Å². The Morgan fingerprint density at radius 1 is 1.40 bits per heavy atom. The van der Waals surface area contributed by atoms with Crippen LogP contribution in [0.1, 0.15) is 35.7 Å². The van der Waals surface area contributed by atoms with Crippen LogP contribution in [0.3, 0.4) is 0 Å². The van der Waals surface area contributed by atoms with Gasteiger partial charge in [0.2, 0.25) is 0 Å². The average molecular weight is 275 g/mol. The predicted molar refractivity (Wildman–Crippen MR) is 75.1 cm³/mol. The molecule has 0 aliphatic carbocycles. The molecule has 0 spiro atoms. The number of imidazole rings is 1. The lowest BCUT2D eigenvalue weighted by Crippen LogP contribution is -2.37. The second-order valence-corrected chi connectivity index (χ2v) is 5.43. The highest BCUT2D eigenvalue weighted by Crippen LogP contribution is 2.24. The molecule has 0 aliphatic rings. The SMILES string of the molecule is Cc1ncc(C(=O)NCC(C)(C)c2ccccc2F)[nH]1. The molecule has 0 bridgehead atoms. The molecule has 1 aromatic heterocycles. The average Bonchev–Trinajstić information content (AvgIpc) is 2.83. The smallest absolute Gasteiger partial charge is 0.269 e. The summed E-state index contributed by atoms with van der Waals surface area (Å²) in [6.07, 6.45) is 1.49. The lowest BCUT2D eigenvalue weighted by Gasteiger charge is -2.26. The molecule has 2 N–H and O–H groups in total. The molecular weight excluding hydrogens is 257 g/mol. The van der Waals surface area contributed by atoms with E-state index in [1.165, 1.54) is 12.3 Å². The fourth-order valence-electron chi connectivity index (χ4n) is 2.04. The second-order valence-electron chi connectivity index (χ2n) is 5.43. The summed E-state index contributed by atoms with van der Waals surface area (Å²) in [4.78, 5) is 18.8. The number of carbonyl (C=O) groups is 1. The Bertz CT molecular complexity index is 619. The van der Waals surface area contributed by atoms with E-state index < -0.39 is 5.41 Å². The van der Waals surface area contributed by atoms with Gasteiger partial charge in [-0.3, -0.25) is 4.79 Å². The molecule has 0 fully saturated rings. The van der Waals surface area contributed by atoms with E-state index in [0.29, 0.717) is 23.6 Å². The Kier molecular flexibility index (Phi) is 3.88. The predicted octanol–water partition coefficient (Wildman–Crippen LogP) is 2.56. The van der Waals surface area contributed by atoms with Gasteiger partial charge in [0.15, 0.2) is 0 Å². The van der Waals surface area contributed by atoms with Crippen LogP contribution in [-0.4, -0.2) is 22.4 Å². The number of aromatic nitrogens is 2. The fraction of sp³-hybridized carbons (Fsp3) is 0.333. The molecule has 0 atom stereocenters. The zero-order valence-electron chi connectivity index (χ0n) is 11.8. The van der Waals surface area contributed by atoms with Crippen LogP contribution in [0.5, 0.6) is 0 Å². The van der Waals surface area contributed by atoms with Gasteiger partial charge >= 0.3 is 0 Å². The van der Waals surface area contributed by atoms with Gasteiger partial charge in [-0.15, -0.1) is 0 Å². The van der Waals surface area contributed by atoms with Gasteiger partial charge in [0.05, 0.1) is 6.20 Å². The quantitative estimate of drug-likeness (QED) is 0.901. The fourth-order valence-corrected chi connectivity index (χ4v) is 2.04. The highest BCUT2D eigenvalue weighted by Gasteiger charge is 2.24. The van der Waals surface area contributed by atoms with Crippen LogP contribution < -0.4 is 5.32 Å². The molecule has 0 aliphatic heterocycles. The maximum Gasteiger partial charge on any atom is 0.269 e. The molecule has 106 valence electrons. The van der Waals surface area contributed by atoms with Crippen molar-refractivity contribution in [2.24, 2.45) is 0 Å². The third-order valence-electron chi connectivity index (χ3n) is 3.24. The first-order valence-electron chi connectivity index (χ1n) is 6.45. The van der Waals surface area contributed by atoms with E-state index in [9.17, 15) is 9.18 Å². The Labute approximate surface area is 117 Å². The van der Waals surface area contributed by atoms with Crippen LogP contribution >= 0.6 is 0 Å². The zero-order chi connectivity index (χ0) is 14.8. The van der Waals surface area contributed by atoms with Crippen LogP contribution in [-0.2, 0) is 5.41 Å². The molecule has 2 rings (SSSR count). The van der Waals surface area contributed by atoms with Crippen molar-refractivity contribution in [2.45, 2.75) is 26.2 Å². The number of nitrogens with zero attached hydrogens (tertiary/aromatic N) is 1.